The van der Waals surface area contributed by atoms with E-state index in [9.17, 15) is 28.0 Å². The molecule has 0 aliphatic rings. The van der Waals surface area contributed by atoms with Gasteiger partial charge in [-0.2, -0.15) is 0 Å². The van der Waals surface area contributed by atoms with Crippen LogP contribution in [0.3, 0.4) is 0 Å². The van der Waals surface area contributed by atoms with Crippen LogP contribution in [-0.4, -0.2) is 0 Å². The second-order valence-corrected chi connectivity index (χ2v) is 26.6. The Morgan fingerprint density at radius 2 is 0.460 bits per heavy atom. The Kier molecular flexibility index (Phi) is 12.6. The maximum absolute atomic E-state index is 13.3. The van der Waals surface area contributed by atoms with Gasteiger partial charge in [-0.05, 0) is 0 Å². The zero-order valence-corrected chi connectivity index (χ0v) is 37.3. The first-order valence-corrected chi connectivity index (χ1v) is 27.3. The van der Waals surface area contributed by atoms with Crippen LogP contribution in [0.4, 0.5) is 0 Å². The molecular formula is C51H44Cl2O8P2. The molecule has 0 amide bonds. The predicted molar refractivity (Wildman–Crippen MR) is 236 cm³/mol. The summed E-state index contributed by atoms with van der Waals surface area (Å²) in [5, 5.41) is 3.27. The van der Waals surface area contributed by atoms with Crippen molar-refractivity contribution in [3.8, 4) is 0 Å². The van der Waals surface area contributed by atoms with Gasteiger partial charge in [-0.15, -0.1) is 0 Å². The van der Waals surface area contributed by atoms with Crippen molar-refractivity contribution in [2.45, 2.75) is 18.7 Å². The first-order valence-electron chi connectivity index (χ1n) is 20.1. The minimum atomic E-state index is -5.02. The van der Waals surface area contributed by atoms with Gasteiger partial charge in [-0.1, -0.05) is 0 Å². The Balaban J connectivity index is 1.37. The SMILES string of the molecule is [O-][Cl+3]([O-])([O-])OP(Cc1ccccc1Cc1ccccc1CP(O[Cl+3]([O-])([O-])[O-])(c1ccccc1)(c1ccccc1)c1ccccc1)(c1ccccc1)(c1ccccc1)c1ccccc1. The third kappa shape index (κ3) is 8.39. The van der Waals surface area contributed by atoms with Crippen molar-refractivity contribution in [1.82, 2.24) is 0 Å². The van der Waals surface area contributed by atoms with E-state index < -0.39 is 34.1 Å². The molecule has 0 unspecified atom stereocenters. The van der Waals surface area contributed by atoms with E-state index in [1.807, 2.05) is 231 Å². The van der Waals surface area contributed by atoms with Crippen molar-refractivity contribution in [1.29, 1.82) is 0 Å². The van der Waals surface area contributed by atoms with Gasteiger partial charge in [-0.3, -0.25) is 0 Å². The summed E-state index contributed by atoms with van der Waals surface area (Å²) in [6.07, 6.45) is 0.264. The first kappa shape index (κ1) is 44.5. The van der Waals surface area contributed by atoms with Crippen LogP contribution in [0.5, 0.6) is 0 Å². The van der Waals surface area contributed by atoms with Gasteiger partial charge in [0, 0.05) is 0 Å². The monoisotopic (exact) mass is 916 g/mol. The third-order valence-electron chi connectivity index (χ3n) is 11.8. The summed E-state index contributed by atoms with van der Waals surface area (Å²) in [5.74, 6) is 0. The topological polar surface area (TPSA) is 157 Å². The quantitative estimate of drug-likeness (QED) is 0.134. The average Bonchev–Trinajstić information content (AvgIpc) is 3.31. The predicted octanol–water partition coefficient (Wildman–Crippen LogP) is 2.99. The van der Waals surface area contributed by atoms with Crippen LogP contribution in [0.15, 0.2) is 231 Å². The fraction of sp³-hybridized carbons (Fsp3) is 0.0588. The molecule has 8 nitrogen and oxygen atoms in total. The van der Waals surface area contributed by atoms with E-state index in [-0.39, 0.29) is 18.7 Å². The van der Waals surface area contributed by atoms with E-state index in [0.717, 1.165) is 22.3 Å². The molecule has 0 heterocycles. The Labute approximate surface area is 371 Å². The summed E-state index contributed by atoms with van der Waals surface area (Å²) in [4.78, 5) is 0. The van der Waals surface area contributed by atoms with E-state index in [2.05, 4.69) is 0 Å². The molecule has 320 valence electrons. The zero-order chi connectivity index (χ0) is 44.1. The van der Waals surface area contributed by atoms with Gasteiger partial charge in [0.1, 0.15) is 0 Å². The van der Waals surface area contributed by atoms with Crippen molar-refractivity contribution in [3.63, 3.8) is 0 Å². The van der Waals surface area contributed by atoms with Crippen LogP contribution >= 0.6 is 13.7 Å². The normalized spacial score (nSPS) is 13.6. The second-order valence-electron chi connectivity index (χ2n) is 15.4. The zero-order valence-electron chi connectivity index (χ0n) is 34.0. The molecule has 63 heavy (non-hydrogen) atoms. The molecule has 0 radical (unpaired) electrons. The number of halogens is 2. The maximum atomic E-state index is 13.3. The van der Waals surface area contributed by atoms with Crippen LogP contribution in [0.25, 0.3) is 0 Å². The van der Waals surface area contributed by atoms with Crippen LogP contribution < -0.4 is 59.8 Å². The van der Waals surface area contributed by atoms with E-state index in [0.29, 0.717) is 31.8 Å². The molecule has 8 rings (SSSR count). The average molecular weight is 918 g/mol. The molecule has 8 aromatic carbocycles. The van der Waals surface area contributed by atoms with E-state index in [1.54, 1.807) is 0 Å². The van der Waals surface area contributed by atoms with Gasteiger partial charge in [0.05, 0.1) is 0 Å². The summed E-state index contributed by atoms with van der Waals surface area (Å²) >= 11 is 0. The molecule has 12 heteroatoms. The summed E-state index contributed by atoms with van der Waals surface area (Å²) in [5.41, 5.74) is 3.06. The van der Waals surface area contributed by atoms with E-state index in [1.165, 1.54) is 0 Å². The Morgan fingerprint density at radius 3 is 0.667 bits per heavy atom. The van der Waals surface area contributed by atoms with Gasteiger partial charge in [0.2, 0.25) is 0 Å². The van der Waals surface area contributed by atoms with Crippen LogP contribution in [0.2, 0.25) is 0 Å². The molecule has 8 aromatic rings. The van der Waals surface area contributed by atoms with Crippen LogP contribution in [-0.2, 0) is 26.9 Å². The molecule has 0 bridgehead atoms. The number of hydrogen-bond acceptors (Lipinski definition) is 8. The standard InChI is InChI=1S/C51H44Cl2O8P2/c54-52(55,56)60-62(46-27-7-1-8-28-46,47-29-9-2-10-30-47,48-31-11-3-12-32-48)40-44-25-21-19-23-42(44)39-43-24-20-22-26-45(43)41-63(61-53(57,58)59,49-33-13-4-14-34-49,50-35-15-5-16-36-50)51-37-17-6-18-38-51/h1-38H,39-41H2. The molecule has 0 atom stereocenters. The number of hydrogen-bond donors (Lipinski definition) is 0. The first-order chi connectivity index (χ1) is 30.4. The van der Waals surface area contributed by atoms with Crippen molar-refractivity contribution in [2.75, 3.05) is 0 Å². The van der Waals surface area contributed by atoms with Crippen LogP contribution in [0, 0.1) is 20.5 Å². The summed E-state index contributed by atoms with van der Waals surface area (Å²) in [6, 6.07) is 69.9. The second kappa shape index (κ2) is 17.8. The van der Waals surface area contributed by atoms with Gasteiger partial charge >= 0.3 is 374 Å². The summed E-state index contributed by atoms with van der Waals surface area (Å²) in [6.45, 7) is -9.59. The molecule has 0 saturated heterocycles. The third-order valence-corrected chi connectivity index (χ3v) is 25.9. The Morgan fingerprint density at radius 1 is 0.270 bits per heavy atom. The van der Waals surface area contributed by atoms with Crippen molar-refractivity contribution in [2.24, 2.45) is 0 Å². The van der Waals surface area contributed by atoms with Gasteiger partial charge in [0.25, 0.3) is 0 Å². The molecule has 0 N–H and O–H groups in total. The molecule has 0 spiro atoms. The molecule has 0 aliphatic carbocycles. The minimum absolute atomic E-state index is 0.00954. The molecule has 0 aliphatic heterocycles. The van der Waals surface area contributed by atoms with Crippen molar-refractivity contribution >= 4 is 45.5 Å². The number of rotatable bonds is 16. The van der Waals surface area contributed by atoms with Gasteiger partial charge < -0.3 is 0 Å². The van der Waals surface area contributed by atoms with Crippen molar-refractivity contribution in [3.05, 3.63) is 253 Å². The van der Waals surface area contributed by atoms with Gasteiger partial charge in [0.15, 0.2) is 0 Å². The van der Waals surface area contributed by atoms with Crippen molar-refractivity contribution < 1.29 is 56.6 Å². The Hall–Kier alpha value is -5.12. The molecule has 0 saturated carbocycles. The Bertz CT molecular complexity index is 2370. The molecule has 0 fully saturated rings. The van der Waals surface area contributed by atoms with E-state index >= 15 is 0 Å². The fourth-order valence-electron chi connectivity index (χ4n) is 9.19. The molecule has 0 aromatic heterocycles. The molecular weight excluding hydrogens is 873 g/mol. The fourth-order valence-corrected chi connectivity index (χ4v) is 24.1. The van der Waals surface area contributed by atoms with E-state index in [4.69, 9.17) is 8.15 Å². The van der Waals surface area contributed by atoms with Gasteiger partial charge in [-0.25, -0.2) is 0 Å². The summed E-state index contributed by atoms with van der Waals surface area (Å²) in [7, 11) is -10.0. The summed E-state index contributed by atoms with van der Waals surface area (Å²) < 4.78 is 92.7. The number of benzene rings is 8. The van der Waals surface area contributed by atoms with Crippen LogP contribution in [0.1, 0.15) is 22.3 Å².